The van der Waals surface area contributed by atoms with E-state index in [0.717, 1.165) is 37.1 Å². The SMILES string of the molecule is Cc1ccnc(N)c1C(O)C1(N2CCCC2)CCCC1. The first-order valence-corrected chi connectivity index (χ1v) is 7.79. The predicted octanol–water partition coefficient (Wildman–Crippen LogP) is 2.41. The van der Waals surface area contributed by atoms with E-state index in [1.807, 2.05) is 13.0 Å². The average Bonchev–Trinajstić information content (AvgIpc) is 3.10. The maximum atomic E-state index is 11.1. The van der Waals surface area contributed by atoms with Crippen molar-refractivity contribution in [1.29, 1.82) is 0 Å². The number of pyridine rings is 1. The minimum Gasteiger partial charge on any atom is -0.386 e. The molecule has 2 fully saturated rings. The largest absolute Gasteiger partial charge is 0.386 e. The van der Waals surface area contributed by atoms with Crippen molar-refractivity contribution >= 4 is 5.82 Å². The number of aryl methyl sites for hydroxylation is 1. The summed E-state index contributed by atoms with van der Waals surface area (Å²) < 4.78 is 0. The molecule has 1 unspecified atom stereocenters. The van der Waals surface area contributed by atoms with Gasteiger partial charge in [-0.25, -0.2) is 4.98 Å². The van der Waals surface area contributed by atoms with Gasteiger partial charge in [-0.3, -0.25) is 4.90 Å². The molecule has 0 bridgehead atoms. The minimum absolute atomic E-state index is 0.113. The summed E-state index contributed by atoms with van der Waals surface area (Å²) in [7, 11) is 0. The molecule has 1 aromatic heterocycles. The van der Waals surface area contributed by atoms with Crippen molar-refractivity contribution in [3.63, 3.8) is 0 Å². The fourth-order valence-corrected chi connectivity index (χ4v) is 4.13. The number of rotatable bonds is 3. The fourth-order valence-electron chi connectivity index (χ4n) is 4.13. The normalized spacial score (nSPS) is 24.1. The summed E-state index contributed by atoms with van der Waals surface area (Å²) in [5.74, 6) is 0.489. The fraction of sp³-hybridized carbons (Fsp3) is 0.688. The molecule has 1 saturated heterocycles. The van der Waals surface area contributed by atoms with Crippen LogP contribution in [0.3, 0.4) is 0 Å². The number of nitrogens with two attached hydrogens (primary N) is 1. The molecular weight excluding hydrogens is 250 g/mol. The summed E-state index contributed by atoms with van der Waals surface area (Å²) in [6, 6.07) is 1.95. The third kappa shape index (κ3) is 2.11. The van der Waals surface area contributed by atoms with E-state index < -0.39 is 6.10 Å². The van der Waals surface area contributed by atoms with Crippen molar-refractivity contribution in [2.24, 2.45) is 0 Å². The third-order valence-corrected chi connectivity index (χ3v) is 5.23. The lowest BCUT2D eigenvalue weighted by Crippen LogP contribution is -2.50. The van der Waals surface area contributed by atoms with Gasteiger partial charge in [0.15, 0.2) is 0 Å². The van der Waals surface area contributed by atoms with Crippen LogP contribution in [0.15, 0.2) is 12.3 Å². The molecular formula is C16H25N3O. The van der Waals surface area contributed by atoms with Crippen molar-refractivity contribution in [2.75, 3.05) is 18.8 Å². The second-order valence-corrected chi connectivity index (χ2v) is 6.33. The number of likely N-dealkylation sites (tertiary alicyclic amines) is 1. The van der Waals surface area contributed by atoms with Gasteiger partial charge in [0.2, 0.25) is 0 Å². The molecule has 4 heteroatoms. The highest BCUT2D eigenvalue weighted by molar-refractivity contribution is 5.47. The molecule has 0 spiro atoms. The molecule has 2 aliphatic rings. The summed E-state index contributed by atoms with van der Waals surface area (Å²) in [4.78, 5) is 6.70. The molecule has 1 saturated carbocycles. The number of nitrogen functional groups attached to an aromatic ring is 1. The van der Waals surface area contributed by atoms with Crippen LogP contribution in [0.25, 0.3) is 0 Å². The number of nitrogens with zero attached hydrogens (tertiary/aromatic N) is 2. The molecule has 3 rings (SSSR count). The van der Waals surface area contributed by atoms with Crippen LogP contribution in [0.5, 0.6) is 0 Å². The molecule has 110 valence electrons. The minimum atomic E-state index is -0.517. The number of aromatic nitrogens is 1. The van der Waals surface area contributed by atoms with E-state index in [1.165, 1.54) is 25.7 Å². The van der Waals surface area contributed by atoms with Crippen LogP contribution < -0.4 is 5.73 Å². The van der Waals surface area contributed by atoms with Crippen molar-refractivity contribution in [1.82, 2.24) is 9.88 Å². The topological polar surface area (TPSA) is 62.4 Å². The van der Waals surface area contributed by atoms with E-state index in [9.17, 15) is 5.11 Å². The molecule has 20 heavy (non-hydrogen) atoms. The van der Waals surface area contributed by atoms with Crippen LogP contribution in [0, 0.1) is 6.92 Å². The van der Waals surface area contributed by atoms with Crippen LogP contribution in [0.4, 0.5) is 5.82 Å². The van der Waals surface area contributed by atoms with Crippen LogP contribution in [0.2, 0.25) is 0 Å². The third-order valence-electron chi connectivity index (χ3n) is 5.23. The predicted molar refractivity (Wildman–Crippen MR) is 80.4 cm³/mol. The van der Waals surface area contributed by atoms with E-state index in [4.69, 9.17) is 5.73 Å². The summed E-state index contributed by atoms with van der Waals surface area (Å²) in [5.41, 5.74) is 7.84. The Morgan fingerprint density at radius 3 is 2.50 bits per heavy atom. The van der Waals surface area contributed by atoms with Gasteiger partial charge in [-0.2, -0.15) is 0 Å². The van der Waals surface area contributed by atoms with Crippen LogP contribution >= 0.6 is 0 Å². The van der Waals surface area contributed by atoms with Gasteiger partial charge in [0.05, 0.1) is 5.54 Å². The van der Waals surface area contributed by atoms with Crippen molar-refractivity contribution in [3.05, 3.63) is 23.4 Å². The number of hydrogen-bond donors (Lipinski definition) is 2. The Labute approximate surface area is 121 Å². The summed E-state index contributed by atoms with van der Waals surface area (Å²) in [5, 5.41) is 11.1. The first-order chi connectivity index (χ1) is 9.65. The lowest BCUT2D eigenvalue weighted by molar-refractivity contribution is -0.0196. The maximum Gasteiger partial charge on any atom is 0.129 e. The average molecular weight is 275 g/mol. The quantitative estimate of drug-likeness (QED) is 0.889. The smallest absolute Gasteiger partial charge is 0.129 e. The van der Waals surface area contributed by atoms with E-state index in [2.05, 4.69) is 9.88 Å². The van der Waals surface area contributed by atoms with Crippen LogP contribution in [-0.2, 0) is 0 Å². The molecule has 3 N–H and O–H groups in total. The van der Waals surface area contributed by atoms with E-state index in [-0.39, 0.29) is 5.54 Å². The highest BCUT2D eigenvalue weighted by atomic mass is 16.3. The van der Waals surface area contributed by atoms with Crippen LogP contribution in [-0.4, -0.2) is 33.6 Å². The zero-order chi connectivity index (χ0) is 14.2. The Hall–Kier alpha value is -1.13. The van der Waals surface area contributed by atoms with Gasteiger partial charge in [-0.05, 0) is 57.3 Å². The Morgan fingerprint density at radius 2 is 1.90 bits per heavy atom. The van der Waals surface area contributed by atoms with Crippen molar-refractivity contribution < 1.29 is 5.11 Å². The number of aliphatic hydroxyl groups is 1. The van der Waals surface area contributed by atoms with Crippen molar-refractivity contribution in [3.8, 4) is 0 Å². The molecule has 0 aromatic carbocycles. The highest BCUT2D eigenvalue weighted by Crippen LogP contribution is 2.47. The number of anilines is 1. The molecule has 1 atom stereocenters. The Bertz CT molecular complexity index is 456. The standard InChI is InChI=1S/C16H25N3O/c1-12-6-9-18-15(17)13(12)14(20)16(7-2-3-8-16)19-10-4-5-11-19/h6,9,14,20H,2-5,7-8,10-11H2,1H3,(H2,17,18). The van der Waals surface area contributed by atoms with E-state index in [1.54, 1.807) is 6.20 Å². The number of hydrogen-bond acceptors (Lipinski definition) is 4. The van der Waals surface area contributed by atoms with Crippen molar-refractivity contribution in [2.45, 2.75) is 57.1 Å². The summed E-state index contributed by atoms with van der Waals surface area (Å²) >= 11 is 0. The second kappa shape index (κ2) is 5.34. The molecule has 0 amide bonds. The lowest BCUT2D eigenvalue weighted by Gasteiger charge is -2.43. The van der Waals surface area contributed by atoms with Gasteiger partial charge in [0, 0.05) is 11.8 Å². The first-order valence-electron chi connectivity index (χ1n) is 7.79. The van der Waals surface area contributed by atoms with Gasteiger partial charge in [-0.15, -0.1) is 0 Å². The Balaban J connectivity index is 1.99. The highest BCUT2D eigenvalue weighted by Gasteiger charge is 2.47. The molecule has 0 radical (unpaired) electrons. The molecule has 4 nitrogen and oxygen atoms in total. The van der Waals surface area contributed by atoms with E-state index in [0.29, 0.717) is 5.82 Å². The first kappa shape index (κ1) is 13.8. The Morgan fingerprint density at radius 1 is 1.25 bits per heavy atom. The lowest BCUT2D eigenvalue weighted by atomic mass is 9.83. The second-order valence-electron chi connectivity index (χ2n) is 6.33. The molecule has 2 heterocycles. The maximum absolute atomic E-state index is 11.1. The monoisotopic (exact) mass is 275 g/mol. The Kier molecular flexibility index (Phi) is 3.69. The van der Waals surface area contributed by atoms with E-state index >= 15 is 0 Å². The van der Waals surface area contributed by atoms with Gasteiger partial charge < -0.3 is 10.8 Å². The van der Waals surface area contributed by atoms with Gasteiger partial charge in [0.1, 0.15) is 11.9 Å². The van der Waals surface area contributed by atoms with Gasteiger partial charge in [-0.1, -0.05) is 12.8 Å². The molecule has 1 aliphatic carbocycles. The van der Waals surface area contributed by atoms with Gasteiger partial charge >= 0.3 is 0 Å². The summed E-state index contributed by atoms with van der Waals surface area (Å²) in [6.45, 7) is 4.23. The van der Waals surface area contributed by atoms with Gasteiger partial charge in [0.25, 0.3) is 0 Å². The molecule has 1 aromatic rings. The summed E-state index contributed by atoms with van der Waals surface area (Å²) in [6.07, 6.45) is 8.24. The molecule has 1 aliphatic heterocycles. The zero-order valence-corrected chi connectivity index (χ0v) is 12.3. The zero-order valence-electron chi connectivity index (χ0n) is 12.3. The number of aliphatic hydroxyl groups excluding tert-OH is 1. The van der Waals surface area contributed by atoms with Crippen LogP contribution in [0.1, 0.15) is 55.8 Å².